The lowest BCUT2D eigenvalue weighted by Crippen LogP contribution is -2.17. The van der Waals surface area contributed by atoms with Crippen LogP contribution in [-0.2, 0) is 13.0 Å². The van der Waals surface area contributed by atoms with Crippen molar-refractivity contribution in [3.05, 3.63) is 41.5 Å². The van der Waals surface area contributed by atoms with Gasteiger partial charge in [-0.15, -0.1) is 0 Å². The Bertz CT molecular complexity index is 473. The van der Waals surface area contributed by atoms with Crippen molar-refractivity contribution < 1.29 is 8.83 Å². The van der Waals surface area contributed by atoms with Crippen LogP contribution in [-0.4, -0.2) is 4.98 Å². The molecule has 1 unspecified atom stereocenters. The van der Waals surface area contributed by atoms with Crippen LogP contribution < -0.4 is 5.32 Å². The number of nitrogens with zero attached hydrogens (tertiary/aromatic N) is 1. The average molecular weight is 234 g/mol. The van der Waals surface area contributed by atoms with E-state index in [1.165, 1.54) is 0 Å². The summed E-state index contributed by atoms with van der Waals surface area (Å²) >= 11 is 0. The van der Waals surface area contributed by atoms with Crippen LogP contribution in [0.3, 0.4) is 0 Å². The van der Waals surface area contributed by atoms with Gasteiger partial charge in [0.15, 0.2) is 0 Å². The van der Waals surface area contributed by atoms with E-state index in [-0.39, 0.29) is 6.04 Å². The largest absolute Gasteiger partial charge is 0.465 e. The van der Waals surface area contributed by atoms with Crippen molar-refractivity contribution in [3.63, 3.8) is 0 Å². The molecule has 0 spiro atoms. The van der Waals surface area contributed by atoms with Crippen molar-refractivity contribution in [2.75, 3.05) is 0 Å². The summed E-state index contributed by atoms with van der Waals surface area (Å²) in [5, 5.41) is 3.32. The number of oxazole rings is 1. The number of hydrogen-bond acceptors (Lipinski definition) is 4. The van der Waals surface area contributed by atoms with Crippen molar-refractivity contribution in [1.29, 1.82) is 0 Å². The minimum atomic E-state index is 0.0823. The van der Waals surface area contributed by atoms with Gasteiger partial charge >= 0.3 is 0 Å². The van der Waals surface area contributed by atoms with Crippen LogP contribution in [0, 0.1) is 6.92 Å². The standard InChI is InChI=1S/C13H18N2O2/c1-4-11-5-6-12(17-11)8-14-10(3)13-15-7-9(2)16-13/h5-7,10,14H,4,8H2,1-3H3. The second-order valence-electron chi connectivity index (χ2n) is 4.13. The van der Waals surface area contributed by atoms with E-state index in [9.17, 15) is 0 Å². The SMILES string of the molecule is CCc1ccc(CNC(C)c2ncc(C)o2)o1. The summed E-state index contributed by atoms with van der Waals surface area (Å²) in [6, 6.07) is 4.09. The fourth-order valence-electron chi connectivity index (χ4n) is 1.62. The van der Waals surface area contributed by atoms with Crippen molar-refractivity contribution in [3.8, 4) is 0 Å². The molecule has 2 aromatic rings. The molecule has 2 rings (SSSR count). The molecule has 1 atom stereocenters. The van der Waals surface area contributed by atoms with Gasteiger partial charge in [-0.2, -0.15) is 0 Å². The number of nitrogens with one attached hydrogen (secondary N) is 1. The van der Waals surface area contributed by atoms with Crippen LogP contribution in [0.5, 0.6) is 0 Å². The molecule has 0 fully saturated rings. The number of aromatic nitrogens is 1. The molecule has 2 heterocycles. The molecular formula is C13H18N2O2. The van der Waals surface area contributed by atoms with Crippen LogP contribution in [0.15, 0.2) is 27.2 Å². The van der Waals surface area contributed by atoms with Gasteiger partial charge in [0.1, 0.15) is 17.3 Å². The minimum absolute atomic E-state index is 0.0823. The fraction of sp³-hybridized carbons (Fsp3) is 0.462. The van der Waals surface area contributed by atoms with Crippen LogP contribution in [0.1, 0.15) is 43.1 Å². The molecule has 0 amide bonds. The molecule has 0 aliphatic rings. The lowest BCUT2D eigenvalue weighted by molar-refractivity contribution is 0.381. The van der Waals surface area contributed by atoms with E-state index in [0.717, 1.165) is 23.7 Å². The Kier molecular flexibility index (Phi) is 3.64. The summed E-state index contributed by atoms with van der Waals surface area (Å²) in [5.41, 5.74) is 0. The first-order chi connectivity index (χ1) is 8.19. The Hall–Kier alpha value is -1.55. The first-order valence-corrected chi connectivity index (χ1v) is 5.92. The van der Waals surface area contributed by atoms with Gasteiger partial charge in [-0.05, 0) is 26.0 Å². The topological polar surface area (TPSA) is 51.2 Å². The molecule has 0 saturated heterocycles. The van der Waals surface area contributed by atoms with Crippen LogP contribution in [0.2, 0.25) is 0 Å². The van der Waals surface area contributed by atoms with Crippen LogP contribution in [0.4, 0.5) is 0 Å². The summed E-state index contributed by atoms with van der Waals surface area (Å²) < 4.78 is 11.1. The maximum Gasteiger partial charge on any atom is 0.211 e. The molecule has 4 nitrogen and oxygen atoms in total. The molecule has 0 bridgehead atoms. The summed E-state index contributed by atoms with van der Waals surface area (Å²) in [5.74, 6) is 3.50. The highest BCUT2D eigenvalue weighted by Crippen LogP contribution is 2.14. The molecule has 2 aromatic heterocycles. The van der Waals surface area contributed by atoms with E-state index >= 15 is 0 Å². The van der Waals surface area contributed by atoms with Crippen molar-refractivity contribution in [1.82, 2.24) is 10.3 Å². The average Bonchev–Trinajstić information content (AvgIpc) is 2.94. The quantitative estimate of drug-likeness (QED) is 0.864. The van der Waals surface area contributed by atoms with Gasteiger partial charge in [-0.3, -0.25) is 5.32 Å². The minimum Gasteiger partial charge on any atom is -0.465 e. The maximum absolute atomic E-state index is 5.61. The zero-order chi connectivity index (χ0) is 12.3. The Morgan fingerprint density at radius 2 is 2.06 bits per heavy atom. The van der Waals surface area contributed by atoms with Gasteiger partial charge < -0.3 is 8.83 Å². The third kappa shape index (κ3) is 2.97. The fourth-order valence-corrected chi connectivity index (χ4v) is 1.62. The Labute approximate surface area is 101 Å². The first kappa shape index (κ1) is 11.9. The highest BCUT2D eigenvalue weighted by atomic mass is 16.4. The zero-order valence-corrected chi connectivity index (χ0v) is 10.5. The van der Waals surface area contributed by atoms with Gasteiger partial charge in [-0.25, -0.2) is 4.98 Å². The Morgan fingerprint density at radius 3 is 2.65 bits per heavy atom. The predicted octanol–water partition coefficient (Wildman–Crippen LogP) is 2.99. The van der Waals surface area contributed by atoms with E-state index in [1.807, 2.05) is 26.0 Å². The Morgan fingerprint density at radius 1 is 1.29 bits per heavy atom. The molecule has 0 aromatic carbocycles. The van der Waals surface area contributed by atoms with Gasteiger partial charge in [0.25, 0.3) is 0 Å². The predicted molar refractivity (Wildman–Crippen MR) is 64.6 cm³/mol. The van der Waals surface area contributed by atoms with Crippen molar-refractivity contribution in [2.24, 2.45) is 0 Å². The molecular weight excluding hydrogens is 216 g/mol. The van der Waals surface area contributed by atoms with Gasteiger partial charge in [0.05, 0.1) is 18.8 Å². The van der Waals surface area contributed by atoms with Gasteiger partial charge in [0, 0.05) is 6.42 Å². The van der Waals surface area contributed by atoms with Gasteiger partial charge in [-0.1, -0.05) is 6.92 Å². The summed E-state index contributed by atoms with van der Waals surface area (Å²) in [6.07, 6.45) is 2.66. The van der Waals surface area contributed by atoms with E-state index in [2.05, 4.69) is 17.2 Å². The maximum atomic E-state index is 5.61. The number of furan rings is 1. The smallest absolute Gasteiger partial charge is 0.211 e. The van der Waals surface area contributed by atoms with Crippen molar-refractivity contribution >= 4 is 0 Å². The second kappa shape index (κ2) is 5.19. The second-order valence-corrected chi connectivity index (χ2v) is 4.13. The zero-order valence-electron chi connectivity index (χ0n) is 10.5. The number of aryl methyl sites for hydroxylation is 2. The molecule has 1 N–H and O–H groups in total. The van der Waals surface area contributed by atoms with E-state index in [1.54, 1.807) is 6.20 Å². The molecule has 4 heteroatoms. The molecule has 0 aliphatic carbocycles. The lowest BCUT2D eigenvalue weighted by atomic mass is 10.3. The Balaban J connectivity index is 1.89. The van der Waals surface area contributed by atoms with E-state index < -0.39 is 0 Å². The molecule has 0 saturated carbocycles. The molecule has 17 heavy (non-hydrogen) atoms. The summed E-state index contributed by atoms with van der Waals surface area (Å²) in [4.78, 5) is 4.19. The monoisotopic (exact) mass is 234 g/mol. The third-order valence-corrected chi connectivity index (χ3v) is 2.66. The first-order valence-electron chi connectivity index (χ1n) is 5.92. The molecule has 0 radical (unpaired) electrons. The summed E-state index contributed by atoms with van der Waals surface area (Å²) in [7, 11) is 0. The summed E-state index contributed by atoms with van der Waals surface area (Å²) in [6.45, 7) is 6.68. The third-order valence-electron chi connectivity index (χ3n) is 2.66. The highest BCUT2D eigenvalue weighted by molar-refractivity contribution is 5.07. The van der Waals surface area contributed by atoms with Crippen molar-refractivity contribution in [2.45, 2.75) is 39.8 Å². The normalized spacial score (nSPS) is 12.9. The number of hydrogen-bond donors (Lipinski definition) is 1. The van der Waals surface area contributed by atoms with E-state index in [0.29, 0.717) is 12.4 Å². The van der Waals surface area contributed by atoms with E-state index in [4.69, 9.17) is 8.83 Å². The van der Waals surface area contributed by atoms with Crippen LogP contribution in [0.25, 0.3) is 0 Å². The van der Waals surface area contributed by atoms with Gasteiger partial charge in [0.2, 0.25) is 5.89 Å². The van der Waals surface area contributed by atoms with Crippen LogP contribution >= 0.6 is 0 Å². The highest BCUT2D eigenvalue weighted by Gasteiger charge is 2.11. The number of rotatable bonds is 5. The molecule has 92 valence electrons. The molecule has 0 aliphatic heterocycles. The lowest BCUT2D eigenvalue weighted by Gasteiger charge is -2.08.